The average molecular weight is 368 g/mol. The summed E-state index contributed by atoms with van der Waals surface area (Å²) in [4.78, 5) is 0. The molecular weight excluding hydrogens is 352 g/mol. The molecule has 0 radical (unpaired) electrons. The second-order valence-electron chi connectivity index (χ2n) is 6.38. The van der Waals surface area contributed by atoms with E-state index < -0.39 is 17.9 Å². The van der Waals surface area contributed by atoms with Gasteiger partial charge in [-0.05, 0) is 43.7 Å². The van der Waals surface area contributed by atoms with Crippen molar-refractivity contribution in [3.63, 3.8) is 0 Å². The van der Waals surface area contributed by atoms with Crippen molar-refractivity contribution in [3.05, 3.63) is 29.7 Å². The third-order valence-corrected chi connectivity index (χ3v) is 4.59. The van der Waals surface area contributed by atoms with Gasteiger partial charge < -0.3 is 4.74 Å². The van der Waals surface area contributed by atoms with E-state index in [0.29, 0.717) is 18.4 Å². The van der Waals surface area contributed by atoms with E-state index in [1.165, 1.54) is 18.2 Å². The van der Waals surface area contributed by atoms with E-state index in [1.807, 2.05) is 6.07 Å². The Labute approximate surface area is 147 Å². The first-order chi connectivity index (χ1) is 12.4. The highest BCUT2D eigenvalue weighted by molar-refractivity contribution is 5.65. The number of nitrogens with zero attached hydrogens (tertiary/aromatic N) is 3. The highest BCUT2D eigenvalue weighted by Crippen LogP contribution is 2.39. The van der Waals surface area contributed by atoms with Crippen molar-refractivity contribution < 1.29 is 22.3 Å². The molecule has 0 unspecified atom stereocenters. The molecule has 1 aromatic carbocycles. The molecule has 9 heteroatoms. The van der Waals surface area contributed by atoms with E-state index in [4.69, 9.17) is 10.00 Å². The molecule has 0 aliphatic heterocycles. The summed E-state index contributed by atoms with van der Waals surface area (Å²) in [6, 6.07) is 5.78. The molecule has 1 saturated carbocycles. The van der Waals surface area contributed by atoms with Crippen LogP contribution in [-0.4, -0.2) is 28.2 Å². The summed E-state index contributed by atoms with van der Waals surface area (Å²) in [7, 11) is 0. The van der Waals surface area contributed by atoms with Crippen LogP contribution >= 0.6 is 0 Å². The maximum atomic E-state index is 13.9. The van der Waals surface area contributed by atoms with Crippen LogP contribution in [0, 0.1) is 29.0 Å². The number of benzene rings is 1. The van der Waals surface area contributed by atoms with E-state index in [9.17, 15) is 17.6 Å². The molecular formula is C17H16F4N4O. The molecule has 1 heterocycles. The molecule has 2 aromatic rings. The number of ether oxygens (including phenoxy) is 1. The van der Waals surface area contributed by atoms with Gasteiger partial charge in [-0.2, -0.15) is 28.7 Å². The van der Waals surface area contributed by atoms with Gasteiger partial charge in [-0.1, -0.05) is 0 Å². The molecule has 1 aromatic heterocycles. The Kier molecular flexibility index (Phi) is 5.11. The molecule has 26 heavy (non-hydrogen) atoms. The minimum absolute atomic E-state index is 0.00189. The normalized spacial score (nSPS) is 20.6. The molecule has 1 aliphatic carbocycles. The van der Waals surface area contributed by atoms with Crippen molar-refractivity contribution >= 4 is 0 Å². The Morgan fingerprint density at radius 1 is 1.15 bits per heavy atom. The maximum absolute atomic E-state index is 13.9. The summed E-state index contributed by atoms with van der Waals surface area (Å²) in [5.41, 5.74) is 0.584. The van der Waals surface area contributed by atoms with Gasteiger partial charge in [0.25, 0.3) is 0 Å². The largest absolute Gasteiger partial charge is 0.493 e. The Balaban J connectivity index is 1.64. The summed E-state index contributed by atoms with van der Waals surface area (Å²) >= 11 is 0. The molecule has 0 saturated heterocycles. The number of aromatic nitrogens is 3. The molecule has 0 amide bonds. The number of halogens is 4. The summed E-state index contributed by atoms with van der Waals surface area (Å²) in [5.74, 6) is -1.56. The second kappa shape index (κ2) is 7.32. The van der Waals surface area contributed by atoms with Crippen LogP contribution in [0.3, 0.4) is 0 Å². The standard InChI is InChI=1S/C17H16F4N4O/c18-13-5-11(16-15(8-22)23-25-24-16)6-14(7-13)26-9-10-1-3-12(4-2-10)17(19,20)21/h5-7,10,12H,1-4,9H2,(H,23,24,25). The van der Waals surface area contributed by atoms with E-state index in [1.54, 1.807) is 0 Å². The van der Waals surface area contributed by atoms with E-state index in [-0.39, 0.29) is 42.5 Å². The Morgan fingerprint density at radius 2 is 1.88 bits per heavy atom. The minimum Gasteiger partial charge on any atom is -0.493 e. The average Bonchev–Trinajstić information content (AvgIpc) is 3.08. The molecule has 0 atom stereocenters. The van der Waals surface area contributed by atoms with Gasteiger partial charge in [0, 0.05) is 11.6 Å². The van der Waals surface area contributed by atoms with Crippen LogP contribution in [0.25, 0.3) is 11.3 Å². The minimum atomic E-state index is -4.14. The third-order valence-electron chi connectivity index (χ3n) is 4.59. The number of aromatic amines is 1. The Hall–Kier alpha value is -2.63. The summed E-state index contributed by atoms with van der Waals surface area (Å²) < 4.78 is 57.5. The zero-order valence-corrected chi connectivity index (χ0v) is 13.7. The number of alkyl halides is 3. The lowest BCUT2D eigenvalue weighted by atomic mass is 9.82. The Morgan fingerprint density at radius 3 is 2.54 bits per heavy atom. The zero-order chi connectivity index (χ0) is 18.7. The van der Waals surface area contributed by atoms with Gasteiger partial charge in [-0.15, -0.1) is 5.10 Å². The smallest absolute Gasteiger partial charge is 0.391 e. The number of hydrogen-bond acceptors (Lipinski definition) is 4. The first-order valence-corrected chi connectivity index (χ1v) is 8.18. The van der Waals surface area contributed by atoms with Crippen molar-refractivity contribution in [2.75, 3.05) is 6.61 Å². The summed E-state index contributed by atoms with van der Waals surface area (Å²) in [6.45, 7) is 0.220. The summed E-state index contributed by atoms with van der Waals surface area (Å²) in [5, 5.41) is 18.8. The maximum Gasteiger partial charge on any atom is 0.391 e. The van der Waals surface area contributed by atoms with Crippen molar-refractivity contribution in [2.24, 2.45) is 11.8 Å². The van der Waals surface area contributed by atoms with Gasteiger partial charge in [-0.3, -0.25) is 0 Å². The molecule has 1 fully saturated rings. The monoisotopic (exact) mass is 368 g/mol. The third kappa shape index (κ3) is 4.12. The van der Waals surface area contributed by atoms with Gasteiger partial charge in [0.2, 0.25) is 0 Å². The van der Waals surface area contributed by atoms with E-state index in [0.717, 1.165) is 0 Å². The van der Waals surface area contributed by atoms with Crippen molar-refractivity contribution in [1.29, 1.82) is 5.26 Å². The molecule has 0 spiro atoms. The predicted octanol–water partition coefficient (Wildman–Crippen LogP) is 4.23. The highest BCUT2D eigenvalue weighted by Gasteiger charge is 2.41. The van der Waals surface area contributed by atoms with Gasteiger partial charge in [0.1, 0.15) is 23.3 Å². The van der Waals surface area contributed by atoms with Crippen molar-refractivity contribution in [3.8, 4) is 23.1 Å². The zero-order valence-electron chi connectivity index (χ0n) is 13.7. The number of nitrogens with one attached hydrogen (secondary N) is 1. The lowest BCUT2D eigenvalue weighted by Crippen LogP contribution is -2.29. The molecule has 138 valence electrons. The summed E-state index contributed by atoms with van der Waals surface area (Å²) in [6.07, 6.45) is -3.10. The van der Waals surface area contributed by atoms with Gasteiger partial charge in [-0.25, -0.2) is 4.39 Å². The first-order valence-electron chi connectivity index (χ1n) is 8.18. The van der Waals surface area contributed by atoms with Crippen LogP contribution in [-0.2, 0) is 0 Å². The predicted molar refractivity (Wildman–Crippen MR) is 83.5 cm³/mol. The van der Waals surface area contributed by atoms with E-state index in [2.05, 4.69) is 15.4 Å². The number of H-pyrrole nitrogens is 1. The van der Waals surface area contributed by atoms with E-state index >= 15 is 0 Å². The van der Waals surface area contributed by atoms with Crippen LogP contribution in [0.15, 0.2) is 18.2 Å². The molecule has 0 bridgehead atoms. The number of hydrogen-bond donors (Lipinski definition) is 1. The van der Waals surface area contributed by atoms with Gasteiger partial charge in [0.05, 0.1) is 12.5 Å². The fraction of sp³-hybridized carbons (Fsp3) is 0.471. The molecule has 5 nitrogen and oxygen atoms in total. The fourth-order valence-corrected chi connectivity index (χ4v) is 3.16. The van der Waals surface area contributed by atoms with Crippen molar-refractivity contribution in [2.45, 2.75) is 31.9 Å². The molecule has 1 aliphatic rings. The fourth-order valence-electron chi connectivity index (χ4n) is 3.16. The van der Waals surface area contributed by atoms with Crippen LogP contribution in [0.1, 0.15) is 31.4 Å². The first kappa shape index (κ1) is 18.2. The quantitative estimate of drug-likeness (QED) is 0.820. The highest BCUT2D eigenvalue weighted by atomic mass is 19.4. The Bertz CT molecular complexity index is 804. The van der Waals surface area contributed by atoms with Crippen molar-refractivity contribution in [1.82, 2.24) is 15.4 Å². The lowest BCUT2D eigenvalue weighted by molar-refractivity contribution is -0.184. The van der Waals surface area contributed by atoms with Crippen LogP contribution < -0.4 is 4.74 Å². The van der Waals surface area contributed by atoms with Crippen LogP contribution in [0.2, 0.25) is 0 Å². The second-order valence-corrected chi connectivity index (χ2v) is 6.38. The van der Waals surface area contributed by atoms with Gasteiger partial charge in [0.15, 0.2) is 5.69 Å². The van der Waals surface area contributed by atoms with Crippen LogP contribution in [0.4, 0.5) is 17.6 Å². The van der Waals surface area contributed by atoms with Crippen LogP contribution in [0.5, 0.6) is 5.75 Å². The van der Waals surface area contributed by atoms with Gasteiger partial charge >= 0.3 is 6.18 Å². The number of nitriles is 1. The SMILES string of the molecule is N#Cc1n[nH]nc1-c1cc(F)cc(OCC2CCC(C(F)(F)F)CC2)c1. The number of rotatable bonds is 4. The molecule has 1 N–H and O–H groups in total. The molecule has 3 rings (SSSR count). The lowest BCUT2D eigenvalue weighted by Gasteiger charge is -2.29. The topological polar surface area (TPSA) is 74.6 Å².